The van der Waals surface area contributed by atoms with Crippen molar-refractivity contribution in [2.24, 2.45) is 13.0 Å². The molecule has 1 N–H and O–H groups in total. The first-order valence-corrected chi connectivity index (χ1v) is 12.2. The van der Waals surface area contributed by atoms with Crippen LogP contribution in [0.5, 0.6) is 0 Å². The molecule has 164 valence electrons. The van der Waals surface area contributed by atoms with Crippen molar-refractivity contribution in [3.05, 3.63) is 65.9 Å². The Balaban J connectivity index is 1.31. The van der Waals surface area contributed by atoms with E-state index in [9.17, 15) is 13.2 Å². The van der Waals surface area contributed by atoms with Crippen LogP contribution in [0.1, 0.15) is 24.0 Å². The standard InChI is InChI=1S/C24H29N3O3S/c1-18-3-5-19(6-4-18)9-13-25-24(28)20-11-15-27(16-12-20)31(29,30)22-7-8-23-21(17-22)10-14-26(23)2/h3-8,10,14,17,20H,9,11-13,15-16H2,1-2H3,(H,25,28). The summed E-state index contributed by atoms with van der Waals surface area (Å²) in [5.74, 6) is -0.115. The molecule has 0 aliphatic carbocycles. The Hall–Kier alpha value is -2.64. The maximum Gasteiger partial charge on any atom is 0.243 e. The number of hydrogen-bond donors (Lipinski definition) is 1. The second-order valence-corrected chi connectivity index (χ2v) is 10.3. The van der Waals surface area contributed by atoms with Crippen LogP contribution in [-0.2, 0) is 28.3 Å². The number of amides is 1. The molecule has 1 aliphatic rings. The zero-order chi connectivity index (χ0) is 22.0. The van der Waals surface area contributed by atoms with E-state index in [4.69, 9.17) is 0 Å². The molecule has 4 rings (SSSR count). The summed E-state index contributed by atoms with van der Waals surface area (Å²) >= 11 is 0. The van der Waals surface area contributed by atoms with Gasteiger partial charge in [-0.25, -0.2) is 8.42 Å². The number of aromatic nitrogens is 1. The maximum absolute atomic E-state index is 13.1. The Morgan fingerprint density at radius 2 is 1.77 bits per heavy atom. The van der Waals surface area contributed by atoms with Crippen LogP contribution in [0.3, 0.4) is 0 Å². The van der Waals surface area contributed by atoms with Gasteiger partial charge in [0.2, 0.25) is 15.9 Å². The number of aryl methyl sites for hydroxylation is 2. The zero-order valence-electron chi connectivity index (χ0n) is 18.0. The van der Waals surface area contributed by atoms with E-state index in [-0.39, 0.29) is 11.8 Å². The third-order valence-electron chi connectivity index (χ3n) is 6.15. The Morgan fingerprint density at radius 1 is 1.06 bits per heavy atom. The van der Waals surface area contributed by atoms with Gasteiger partial charge in [-0.15, -0.1) is 0 Å². The molecule has 2 aromatic carbocycles. The number of fused-ring (bicyclic) bond motifs is 1. The van der Waals surface area contributed by atoms with E-state index in [2.05, 4.69) is 36.5 Å². The Morgan fingerprint density at radius 3 is 2.48 bits per heavy atom. The molecule has 3 aromatic rings. The number of nitrogens with one attached hydrogen (secondary N) is 1. The summed E-state index contributed by atoms with van der Waals surface area (Å²) < 4.78 is 29.6. The molecule has 0 radical (unpaired) electrons. The molecule has 0 atom stereocenters. The fourth-order valence-electron chi connectivity index (χ4n) is 4.16. The number of benzene rings is 2. The number of hydrogen-bond acceptors (Lipinski definition) is 3. The van der Waals surface area contributed by atoms with Crippen LogP contribution in [0.25, 0.3) is 10.9 Å². The minimum atomic E-state index is -3.56. The highest BCUT2D eigenvalue weighted by Gasteiger charge is 2.32. The number of carbonyl (C=O) groups is 1. The molecule has 31 heavy (non-hydrogen) atoms. The first kappa shape index (κ1) is 21.6. The van der Waals surface area contributed by atoms with Crippen LogP contribution in [0, 0.1) is 12.8 Å². The van der Waals surface area contributed by atoms with Gasteiger partial charge in [0.25, 0.3) is 0 Å². The summed E-state index contributed by atoms with van der Waals surface area (Å²) in [5.41, 5.74) is 3.42. The molecule has 1 aromatic heterocycles. The van der Waals surface area contributed by atoms with Gasteiger partial charge in [0.15, 0.2) is 0 Å². The number of carbonyl (C=O) groups excluding carboxylic acids is 1. The SMILES string of the molecule is Cc1ccc(CCNC(=O)C2CCN(S(=O)(=O)c3ccc4c(ccn4C)c3)CC2)cc1. The molecular weight excluding hydrogens is 410 g/mol. The summed E-state index contributed by atoms with van der Waals surface area (Å²) in [6, 6.07) is 15.5. The lowest BCUT2D eigenvalue weighted by molar-refractivity contribution is -0.126. The van der Waals surface area contributed by atoms with Gasteiger partial charge in [-0.2, -0.15) is 4.31 Å². The summed E-state index contributed by atoms with van der Waals surface area (Å²) in [6.45, 7) is 3.38. The van der Waals surface area contributed by atoms with Crippen LogP contribution in [-0.4, -0.2) is 42.8 Å². The lowest BCUT2D eigenvalue weighted by atomic mass is 9.97. The van der Waals surface area contributed by atoms with Crippen molar-refractivity contribution in [2.45, 2.75) is 31.1 Å². The number of rotatable bonds is 6. The lowest BCUT2D eigenvalue weighted by Crippen LogP contribution is -2.43. The van der Waals surface area contributed by atoms with Crippen molar-refractivity contribution < 1.29 is 13.2 Å². The van der Waals surface area contributed by atoms with Crippen molar-refractivity contribution in [3.63, 3.8) is 0 Å². The Kier molecular flexibility index (Phi) is 6.16. The molecule has 0 unspecified atom stereocenters. The molecule has 6 nitrogen and oxygen atoms in total. The van der Waals surface area contributed by atoms with Crippen molar-refractivity contribution in [1.82, 2.24) is 14.2 Å². The first-order chi connectivity index (χ1) is 14.8. The summed E-state index contributed by atoms with van der Waals surface area (Å²) in [5, 5.41) is 3.92. The molecule has 1 saturated heterocycles. The summed E-state index contributed by atoms with van der Waals surface area (Å²) in [4.78, 5) is 12.8. The molecule has 1 fully saturated rings. The van der Waals surface area contributed by atoms with Gasteiger partial charge in [-0.1, -0.05) is 29.8 Å². The van der Waals surface area contributed by atoms with E-state index in [0.29, 0.717) is 37.4 Å². The van der Waals surface area contributed by atoms with Gasteiger partial charge in [0.1, 0.15) is 0 Å². The predicted molar refractivity (Wildman–Crippen MR) is 122 cm³/mol. The smallest absolute Gasteiger partial charge is 0.243 e. The molecule has 2 heterocycles. The molecule has 0 bridgehead atoms. The van der Waals surface area contributed by atoms with Crippen LogP contribution < -0.4 is 5.32 Å². The second-order valence-electron chi connectivity index (χ2n) is 8.35. The van der Waals surface area contributed by atoms with Crippen molar-refractivity contribution >= 4 is 26.8 Å². The predicted octanol–water partition coefficient (Wildman–Crippen LogP) is 3.25. The normalized spacial score (nSPS) is 15.9. The Bertz CT molecular complexity index is 1170. The molecular formula is C24H29N3O3S. The third-order valence-corrected chi connectivity index (χ3v) is 8.05. The average Bonchev–Trinajstić information content (AvgIpc) is 3.15. The fraction of sp³-hybridized carbons (Fsp3) is 0.375. The minimum Gasteiger partial charge on any atom is -0.356 e. The van der Waals surface area contributed by atoms with Gasteiger partial charge in [-0.05, 0) is 56.0 Å². The van der Waals surface area contributed by atoms with E-state index < -0.39 is 10.0 Å². The van der Waals surface area contributed by atoms with Crippen LogP contribution in [0.15, 0.2) is 59.6 Å². The van der Waals surface area contributed by atoms with E-state index in [1.807, 2.05) is 29.9 Å². The lowest BCUT2D eigenvalue weighted by Gasteiger charge is -2.30. The van der Waals surface area contributed by atoms with Gasteiger partial charge in [0.05, 0.1) is 4.90 Å². The highest BCUT2D eigenvalue weighted by atomic mass is 32.2. The number of piperidine rings is 1. The van der Waals surface area contributed by atoms with Gasteiger partial charge in [0, 0.05) is 49.7 Å². The molecule has 0 spiro atoms. The summed E-state index contributed by atoms with van der Waals surface area (Å²) in [6.07, 6.45) is 3.80. The summed E-state index contributed by atoms with van der Waals surface area (Å²) in [7, 11) is -1.62. The van der Waals surface area contributed by atoms with Crippen molar-refractivity contribution in [1.29, 1.82) is 0 Å². The average molecular weight is 440 g/mol. The van der Waals surface area contributed by atoms with Gasteiger partial charge >= 0.3 is 0 Å². The van der Waals surface area contributed by atoms with E-state index in [1.54, 1.807) is 12.1 Å². The number of sulfonamides is 1. The second kappa shape index (κ2) is 8.85. The number of nitrogens with zero attached hydrogens (tertiary/aromatic N) is 2. The van der Waals surface area contributed by atoms with Gasteiger partial charge < -0.3 is 9.88 Å². The monoisotopic (exact) mass is 439 g/mol. The van der Waals surface area contributed by atoms with E-state index in [1.165, 1.54) is 15.4 Å². The third kappa shape index (κ3) is 4.67. The van der Waals surface area contributed by atoms with Crippen LogP contribution in [0.4, 0.5) is 0 Å². The molecule has 7 heteroatoms. The Labute approximate surface area is 183 Å². The molecule has 0 saturated carbocycles. The maximum atomic E-state index is 13.1. The highest BCUT2D eigenvalue weighted by molar-refractivity contribution is 7.89. The highest BCUT2D eigenvalue weighted by Crippen LogP contribution is 2.26. The molecule has 1 amide bonds. The van der Waals surface area contributed by atoms with Crippen LogP contribution >= 0.6 is 0 Å². The topological polar surface area (TPSA) is 71.4 Å². The largest absolute Gasteiger partial charge is 0.356 e. The van der Waals surface area contributed by atoms with Crippen molar-refractivity contribution in [2.75, 3.05) is 19.6 Å². The molecule has 1 aliphatic heterocycles. The van der Waals surface area contributed by atoms with Crippen LogP contribution in [0.2, 0.25) is 0 Å². The first-order valence-electron chi connectivity index (χ1n) is 10.7. The van der Waals surface area contributed by atoms with E-state index in [0.717, 1.165) is 17.3 Å². The van der Waals surface area contributed by atoms with E-state index >= 15 is 0 Å². The van der Waals surface area contributed by atoms with Crippen molar-refractivity contribution in [3.8, 4) is 0 Å². The zero-order valence-corrected chi connectivity index (χ0v) is 18.9. The van der Waals surface area contributed by atoms with Gasteiger partial charge in [-0.3, -0.25) is 4.79 Å². The quantitative estimate of drug-likeness (QED) is 0.641. The minimum absolute atomic E-state index is 0.0230. The fourth-order valence-corrected chi connectivity index (χ4v) is 5.66.